The van der Waals surface area contributed by atoms with E-state index in [1.807, 2.05) is 61.3 Å². The highest BCUT2D eigenvalue weighted by Gasteiger charge is 2.18. The normalized spacial score (nSPS) is 12.6. The molecule has 0 bridgehead atoms. The molecule has 3 nitrogen and oxygen atoms in total. The summed E-state index contributed by atoms with van der Waals surface area (Å²) in [5.74, 6) is 1.87. The molecule has 1 aromatic carbocycles. The first kappa shape index (κ1) is 13.2. The van der Waals surface area contributed by atoms with Gasteiger partial charge in [-0.15, -0.1) is 0 Å². The quantitative estimate of drug-likeness (QED) is 0.659. The Bertz CT molecular complexity index is 715. The van der Waals surface area contributed by atoms with Crippen molar-refractivity contribution in [3.63, 3.8) is 0 Å². The average molecular weight is 331 g/mol. The van der Waals surface area contributed by atoms with Gasteiger partial charge in [-0.3, -0.25) is 0 Å². The van der Waals surface area contributed by atoms with Crippen molar-refractivity contribution in [2.75, 3.05) is 0 Å². The van der Waals surface area contributed by atoms with Gasteiger partial charge in [0.05, 0.1) is 16.7 Å². The minimum absolute atomic E-state index is 0.0948. The molecular formula is C16H15BrN2O. The lowest BCUT2D eigenvalue weighted by molar-refractivity contribution is 0.502. The second-order valence-corrected chi connectivity index (χ2v) is 5.70. The Kier molecular flexibility index (Phi) is 3.49. The van der Waals surface area contributed by atoms with Crippen molar-refractivity contribution in [3.05, 3.63) is 71.4 Å². The zero-order chi connectivity index (χ0) is 14.1. The molecule has 1 atom stereocenters. The maximum absolute atomic E-state index is 5.59. The van der Waals surface area contributed by atoms with Crippen molar-refractivity contribution in [3.8, 4) is 5.69 Å². The van der Waals surface area contributed by atoms with Gasteiger partial charge in [0, 0.05) is 17.3 Å². The first-order chi connectivity index (χ1) is 9.65. The van der Waals surface area contributed by atoms with Crippen LogP contribution in [0, 0.1) is 13.8 Å². The number of furan rings is 1. The Balaban J connectivity index is 1.92. The number of hydrogen-bond donors (Lipinski definition) is 0. The number of halogens is 1. The predicted octanol–water partition coefficient (Wildman–Crippen LogP) is 4.57. The molecule has 0 fully saturated rings. The summed E-state index contributed by atoms with van der Waals surface area (Å²) in [7, 11) is 0. The van der Waals surface area contributed by atoms with Gasteiger partial charge in [0.2, 0.25) is 0 Å². The van der Waals surface area contributed by atoms with Crippen LogP contribution in [0.3, 0.4) is 0 Å². The van der Waals surface area contributed by atoms with Gasteiger partial charge in [-0.05, 0) is 32.0 Å². The van der Waals surface area contributed by atoms with E-state index in [9.17, 15) is 0 Å². The van der Waals surface area contributed by atoms with Gasteiger partial charge in [0.25, 0.3) is 0 Å². The number of aromatic nitrogens is 2. The predicted molar refractivity (Wildman–Crippen MR) is 82.5 cm³/mol. The summed E-state index contributed by atoms with van der Waals surface area (Å²) < 4.78 is 7.47. The smallest absolute Gasteiger partial charge is 0.105 e. The molecule has 0 N–H and O–H groups in total. The van der Waals surface area contributed by atoms with E-state index in [-0.39, 0.29) is 4.83 Å². The third-order valence-corrected chi connectivity index (χ3v) is 4.29. The van der Waals surface area contributed by atoms with Crippen molar-refractivity contribution in [1.29, 1.82) is 0 Å². The van der Waals surface area contributed by atoms with Crippen molar-refractivity contribution in [2.24, 2.45) is 0 Å². The number of hydrogen-bond acceptors (Lipinski definition) is 2. The van der Waals surface area contributed by atoms with Crippen LogP contribution in [0.1, 0.15) is 27.5 Å². The molecule has 0 aliphatic heterocycles. The van der Waals surface area contributed by atoms with Gasteiger partial charge in [0.1, 0.15) is 11.5 Å². The zero-order valence-corrected chi connectivity index (χ0v) is 13.0. The number of rotatable bonds is 3. The molecule has 0 saturated heterocycles. The Hall–Kier alpha value is -1.81. The van der Waals surface area contributed by atoms with E-state index in [1.165, 1.54) is 0 Å². The molecule has 0 radical (unpaired) electrons. The fourth-order valence-corrected chi connectivity index (χ4v) is 2.96. The lowest BCUT2D eigenvalue weighted by atomic mass is 10.1. The summed E-state index contributed by atoms with van der Waals surface area (Å²) in [5.41, 5.74) is 3.31. The molecule has 102 valence electrons. The number of para-hydroxylation sites is 1. The third kappa shape index (κ3) is 2.43. The summed E-state index contributed by atoms with van der Waals surface area (Å²) >= 11 is 3.73. The van der Waals surface area contributed by atoms with Crippen LogP contribution >= 0.6 is 15.9 Å². The summed E-state index contributed by atoms with van der Waals surface area (Å²) in [6.07, 6.45) is 3.92. The summed E-state index contributed by atoms with van der Waals surface area (Å²) in [6, 6.07) is 12.1. The zero-order valence-electron chi connectivity index (χ0n) is 11.4. The highest BCUT2D eigenvalue weighted by atomic mass is 79.9. The summed E-state index contributed by atoms with van der Waals surface area (Å²) in [5, 5.41) is 4.43. The van der Waals surface area contributed by atoms with Crippen LogP contribution in [0.2, 0.25) is 0 Å². The molecule has 0 aliphatic rings. The summed E-state index contributed by atoms with van der Waals surface area (Å²) in [6.45, 7) is 3.95. The topological polar surface area (TPSA) is 31.0 Å². The van der Waals surface area contributed by atoms with E-state index < -0.39 is 0 Å². The largest absolute Gasteiger partial charge is 0.466 e. The van der Waals surface area contributed by atoms with E-state index in [0.29, 0.717) is 0 Å². The fourth-order valence-electron chi connectivity index (χ4n) is 2.27. The molecule has 3 rings (SSSR count). The number of aryl methyl sites for hydroxylation is 2. The molecule has 0 aliphatic carbocycles. The first-order valence-electron chi connectivity index (χ1n) is 6.46. The standard InChI is InChI=1S/C16H15BrN2O/c1-11-8-15(12(2)20-11)16(17)13-9-18-19(10-13)14-6-4-3-5-7-14/h3-10,16H,1-2H3. The third-order valence-electron chi connectivity index (χ3n) is 3.27. The lowest BCUT2D eigenvalue weighted by Gasteiger charge is -2.05. The van der Waals surface area contributed by atoms with Crippen molar-refractivity contribution in [2.45, 2.75) is 18.7 Å². The molecule has 4 heteroatoms. The molecule has 3 aromatic rings. The van der Waals surface area contributed by atoms with E-state index >= 15 is 0 Å². The van der Waals surface area contributed by atoms with E-state index in [0.717, 1.165) is 28.3 Å². The maximum Gasteiger partial charge on any atom is 0.105 e. The van der Waals surface area contributed by atoms with Crippen LogP contribution in [0.25, 0.3) is 5.69 Å². The summed E-state index contributed by atoms with van der Waals surface area (Å²) in [4.78, 5) is 0.0948. The van der Waals surface area contributed by atoms with Gasteiger partial charge in [-0.1, -0.05) is 34.1 Å². The van der Waals surface area contributed by atoms with Crippen LogP contribution in [0.15, 0.2) is 53.2 Å². The van der Waals surface area contributed by atoms with Crippen molar-refractivity contribution in [1.82, 2.24) is 9.78 Å². The van der Waals surface area contributed by atoms with Crippen molar-refractivity contribution < 1.29 is 4.42 Å². The van der Waals surface area contributed by atoms with Gasteiger partial charge in [-0.2, -0.15) is 5.10 Å². The fraction of sp³-hybridized carbons (Fsp3) is 0.188. The van der Waals surface area contributed by atoms with E-state index in [2.05, 4.69) is 27.1 Å². The average Bonchev–Trinajstić information content (AvgIpc) is 3.06. The minimum atomic E-state index is 0.0948. The SMILES string of the molecule is Cc1cc(C(Br)c2cnn(-c3ccccc3)c2)c(C)o1. The Labute approximate surface area is 126 Å². The molecule has 0 saturated carbocycles. The minimum Gasteiger partial charge on any atom is -0.466 e. The van der Waals surface area contributed by atoms with E-state index in [1.54, 1.807) is 0 Å². The van der Waals surface area contributed by atoms with Crippen molar-refractivity contribution >= 4 is 15.9 Å². The second-order valence-electron chi connectivity index (χ2n) is 4.78. The Morgan fingerprint density at radius 1 is 1.20 bits per heavy atom. The molecule has 0 spiro atoms. The number of nitrogens with zero attached hydrogens (tertiary/aromatic N) is 2. The highest BCUT2D eigenvalue weighted by molar-refractivity contribution is 9.09. The molecule has 1 unspecified atom stereocenters. The molecular weight excluding hydrogens is 316 g/mol. The molecule has 2 heterocycles. The van der Waals surface area contributed by atoms with Crippen LogP contribution in [-0.4, -0.2) is 9.78 Å². The van der Waals surface area contributed by atoms with Gasteiger partial charge in [0.15, 0.2) is 0 Å². The number of benzene rings is 1. The van der Waals surface area contributed by atoms with Gasteiger partial charge < -0.3 is 4.42 Å². The molecule has 20 heavy (non-hydrogen) atoms. The van der Waals surface area contributed by atoms with Crippen LogP contribution in [-0.2, 0) is 0 Å². The maximum atomic E-state index is 5.59. The number of alkyl halides is 1. The monoisotopic (exact) mass is 330 g/mol. The first-order valence-corrected chi connectivity index (χ1v) is 7.37. The van der Waals surface area contributed by atoms with Crippen LogP contribution in [0.5, 0.6) is 0 Å². The van der Waals surface area contributed by atoms with Crippen LogP contribution in [0.4, 0.5) is 0 Å². The highest BCUT2D eigenvalue weighted by Crippen LogP contribution is 2.34. The Morgan fingerprint density at radius 3 is 2.60 bits per heavy atom. The van der Waals surface area contributed by atoms with Gasteiger partial charge >= 0.3 is 0 Å². The van der Waals surface area contributed by atoms with Crippen LogP contribution < -0.4 is 0 Å². The van der Waals surface area contributed by atoms with E-state index in [4.69, 9.17) is 4.42 Å². The Morgan fingerprint density at radius 2 is 1.95 bits per heavy atom. The molecule has 0 amide bonds. The van der Waals surface area contributed by atoms with Gasteiger partial charge in [-0.25, -0.2) is 4.68 Å². The molecule has 2 aromatic heterocycles. The lowest BCUT2D eigenvalue weighted by Crippen LogP contribution is -1.94. The second kappa shape index (κ2) is 5.29.